The summed E-state index contributed by atoms with van der Waals surface area (Å²) in [7, 11) is 1.53. The first kappa shape index (κ1) is 24.8. The molecule has 0 spiro atoms. The Kier molecular flexibility index (Phi) is 11.0. The van der Waals surface area contributed by atoms with Gasteiger partial charge in [0.25, 0.3) is 0 Å². The largest absolute Gasteiger partial charge is 0.491 e. The van der Waals surface area contributed by atoms with E-state index >= 15 is 0 Å². The smallest absolute Gasteiger partial charge is 0.416 e. The summed E-state index contributed by atoms with van der Waals surface area (Å²) in [6.07, 6.45) is -2.92. The first-order chi connectivity index (χ1) is 11.6. The SMILES string of the molecule is CSCC[C@H](N)C(=O)N(C)CC(O)COc1ccc(C(F)(F)F)cc1.Cl. The molecule has 0 bridgehead atoms. The first-order valence-electron chi connectivity index (χ1n) is 7.62. The number of amides is 1. The number of hydrogen-bond acceptors (Lipinski definition) is 5. The summed E-state index contributed by atoms with van der Waals surface area (Å²) < 4.78 is 42.6. The predicted octanol–water partition coefficient (Wildman–Crippen LogP) is 2.41. The number of thioether (sulfide) groups is 1. The molecule has 1 rings (SSSR count). The summed E-state index contributed by atoms with van der Waals surface area (Å²) in [6.45, 7) is -0.129. The molecular formula is C16H24ClF3N2O3S. The van der Waals surface area contributed by atoms with E-state index in [9.17, 15) is 23.1 Å². The highest BCUT2D eigenvalue weighted by molar-refractivity contribution is 7.98. The van der Waals surface area contributed by atoms with E-state index in [-0.39, 0.29) is 37.2 Å². The van der Waals surface area contributed by atoms with Crippen molar-refractivity contribution in [2.75, 3.05) is 32.2 Å². The van der Waals surface area contributed by atoms with E-state index in [4.69, 9.17) is 10.5 Å². The maximum atomic E-state index is 12.5. The van der Waals surface area contributed by atoms with Gasteiger partial charge in [0.15, 0.2) is 0 Å². The molecule has 10 heteroatoms. The molecule has 1 aromatic carbocycles. The molecule has 3 N–H and O–H groups in total. The van der Waals surface area contributed by atoms with Crippen LogP contribution < -0.4 is 10.5 Å². The van der Waals surface area contributed by atoms with Crippen molar-refractivity contribution in [2.45, 2.75) is 24.7 Å². The second-order valence-corrected chi connectivity index (χ2v) is 6.58. The minimum Gasteiger partial charge on any atom is -0.491 e. The highest BCUT2D eigenvalue weighted by Crippen LogP contribution is 2.30. The molecular weight excluding hydrogens is 393 g/mol. The zero-order chi connectivity index (χ0) is 19.0. The van der Waals surface area contributed by atoms with Gasteiger partial charge in [0.2, 0.25) is 5.91 Å². The molecule has 150 valence electrons. The van der Waals surface area contributed by atoms with Crippen molar-refractivity contribution in [3.8, 4) is 5.75 Å². The third-order valence-corrected chi connectivity index (χ3v) is 4.08. The number of aliphatic hydroxyl groups is 1. The Bertz CT molecular complexity index is 547. The number of rotatable bonds is 9. The Balaban J connectivity index is 0.00000625. The van der Waals surface area contributed by atoms with Gasteiger partial charge in [-0.15, -0.1) is 12.4 Å². The number of carbonyl (C=O) groups is 1. The van der Waals surface area contributed by atoms with Gasteiger partial charge in [-0.2, -0.15) is 24.9 Å². The summed E-state index contributed by atoms with van der Waals surface area (Å²) in [5.74, 6) is 0.695. The number of aliphatic hydroxyl groups excluding tert-OH is 1. The van der Waals surface area contributed by atoms with Gasteiger partial charge in [0.05, 0.1) is 11.6 Å². The molecule has 26 heavy (non-hydrogen) atoms. The predicted molar refractivity (Wildman–Crippen MR) is 98.8 cm³/mol. The summed E-state index contributed by atoms with van der Waals surface area (Å²) in [5.41, 5.74) is 5.01. The van der Waals surface area contributed by atoms with Crippen molar-refractivity contribution < 1.29 is 27.8 Å². The van der Waals surface area contributed by atoms with Crippen molar-refractivity contribution in [1.29, 1.82) is 0 Å². The van der Waals surface area contributed by atoms with Gasteiger partial charge in [0.1, 0.15) is 18.5 Å². The average molecular weight is 417 g/mol. The van der Waals surface area contributed by atoms with E-state index < -0.39 is 23.9 Å². The second kappa shape index (κ2) is 11.5. The third-order valence-electron chi connectivity index (χ3n) is 3.44. The number of carbonyl (C=O) groups excluding carboxylic acids is 1. The molecule has 1 aromatic rings. The molecule has 2 atom stereocenters. The number of ether oxygens (including phenoxy) is 1. The van der Waals surface area contributed by atoms with Crippen LogP contribution in [0.25, 0.3) is 0 Å². The minimum atomic E-state index is -4.41. The first-order valence-corrected chi connectivity index (χ1v) is 9.02. The molecule has 0 aliphatic carbocycles. The number of alkyl halides is 3. The standard InChI is InChI=1S/C16H23F3N2O3S.ClH/c1-21(15(23)14(20)7-8-25-2)9-12(22)10-24-13-5-3-11(4-6-13)16(17,18)19;/h3-6,12,14,22H,7-10,20H2,1-2H3;1H/t12?,14-;/m0./s1. The number of likely N-dealkylation sites (N-methyl/N-ethyl adjacent to an activating group) is 1. The van der Waals surface area contributed by atoms with Gasteiger partial charge in [-0.25, -0.2) is 0 Å². The Morgan fingerprint density at radius 2 is 1.92 bits per heavy atom. The maximum absolute atomic E-state index is 12.5. The normalized spacial score (nSPS) is 13.5. The molecule has 0 aliphatic rings. The molecule has 1 unspecified atom stereocenters. The van der Waals surface area contributed by atoms with Crippen molar-refractivity contribution >= 4 is 30.1 Å². The number of benzene rings is 1. The van der Waals surface area contributed by atoms with Crippen LogP contribution in [0.1, 0.15) is 12.0 Å². The van der Waals surface area contributed by atoms with E-state index in [1.54, 1.807) is 11.8 Å². The van der Waals surface area contributed by atoms with Gasteiger partial charge < -0.3 is 20.5 Å². The third kappa shape index (κ3) is 8.48. The highest BCUT2D eigenvalue weighted by atomic mass is 35.5. The van der Waals surface area contributed by atoms with Gasteiger partial charge in [-0.05, 0) is 42.7 Å². The fourth-order valence-electron chi connectivity index (χ4n) is 2.04. The summed E-state index contributed by atoms with van der Waals surface area (Å²) in [4.78, 5) is 13.3. The van der Waals surface area contributed by atoms with Crippen LogP contribution in [0.3, 0.4) is 0 Å². The van der Waals surface area contributed by atoms with Gasteiger partial charge >= 0.3 is 6.18 Å². The van der Waals surface area contributed by atoms with Crippen LogP contribution in [0, 0.1) is 0 Å². The van der Waals surface area contributed by atoms with Crippen molar-refractivity contribution in [2.24, 2.45) is 5.73 Å². The fraction of sp³-hybridized carbons (Fsp3) is 0.562. The molecule has 1 amide bonds. The quantitative estimate of drug-likeness (QED) is 0.646. The monoisotopic (exact) mass is 416 g/mol. The number of halogens is 4. The fourth-order valence-corrected chi connectivity index (χ4v) is 2.53. The van der Waals surface area contributed by atoms with Crippen LogP contribution in [0.4, 0.5) is 13.2 Å². The van der Waals surface area contributed by atoms with Gasteiger partial charge in [0, 0.05) is 13.6 Å². The van der Waals surface area contributed by atoms with Crippen LogP contribution >= 0.6 is 24.2 Å². The maximum Gasteiger partial charge on any atom is 0.416 e. The van der Waals surface area contributed by atoms with Crippen molar-refractivity contribution in [1.82, 2.24) is 4.90 Å². The molecule has 0 saturated heterocycles. The lowest BCUT2D eigenvalue weighted by molar-refractivity contribution is -0.137. The molecule has 5 nitrogen and oxygen atoms in total. The summed E-state index contributed by atoms with van der Waals surface area (Å²) in [5, 5.41) is 9.93. The Morgan fingerprint density at radius 3 is 2.42 bits per heavy atom. The van der Waals surface area contributed by atoms with E-state index in [2.05, 4.69) is 0 Å². The summed E-state index contributed by atoms with van der Waals surface area (Å²) in [6, 6.07) is 3.55. The lowest BCUT2D eigenvalue weighted by Gasteiger charge is -2.24. The lowest BCUT2D eigenvalue weighted by Crippen LogP contribution is -2.45. The van der Waals surface area contributed by atoms with Crippen LogP contribution in [-0.2, 0) is 11.0 Å². The van der Waals surface area contributed by atoms with E-state index in [1.807, 2.05) is 6.26 Å². The number of nitrogens with zero attached hydrogens (tertiary/aromatic N) is 1. The van der Waals surface area contributed by atoms with E-state index in [0.29, 0.717) is 6.42 Å². The molecule has 0 fully saturated rings. The Labute approximate surface area is 161 Å². The lowest BCUT2D eigenvalue weighted by atomic mass is 10.2. The topological polar surface area (TPSA) is 75.8 Å². The molecule has 0 radical (unpaired) electrons. The Hall–Kier alpha value is -1.16. The van der Waals surface area contributed by atoms with E-state index in [0.717, 1.165) is 17.9 Å². The second-order valence-electron chi connectivity index (χ2n) is 5.59. The number of nitrogens with two attached hydrogens (primary N) is 1. The van der Waals surface area contributed by atoms with Gasteiger partial charge in [-0.1, -0.05) is 0 Å². The number of hydrogen-bond donors (Lipinski definition) is 2. The highest BCUT2D eigenvalue weighted by Gasteiger charge is 2.30. The average Bonchev–Trinajstić information content (AvgIpc) is 2.56. The molecule has 0 saturated carbocycles. The van der Waals surface area contributed by atoms with Crippen molar-refractivity contribution in [3.63, 3.8) is 0 Å². The minimum absolute atomic E-state index is 0. The summed E-state index contributed by atoms with van der Waals surface area (Å²) >= 11 is 1.59. The zero-order valence-electron chi connectivity index (χ0n) is 14.5. The van der Waals surface area contributed by atoms with Crippen molar-refractivity contribution in [3.05, 3.63) is 29.8 Å². The Morgan fingerprint density at radius 1 is 1.35 bits per heavy atom. The molecule has 0 aliphatic heterocycles. The van der Waals surface area contributed by atoms with Crippen LogP contribution in [0.15, 0.2) is 24.3 Å². The van der Waals surface area contributed by atoms with Crippen LogP contribution in [-0.4, -0.2) is 60.3 Å². The van der Waals surface area contributed by atoms with Crippen LogP contribution in [0.5, 0.6) is 5.75 Å². The van der Waals surface area contributed by atoms with Gasteiger partial charge in [-0.3, -0.25) is 4.79 Å². The molecule has 0 heterocycles. The molecule has 0 aromatic heterocycles. The zero-order valence-corrected chi connectivity index (χ0v) is 16.2. The van der Waals surface area contributed by atoms with Crippen LogP contribution in [0.2, 0.25) is 0 Å². The van der Waals surface area contributed by atoms with E-state index in [1.165, 1.54) is 24.1 Å².